The summed E-state index contributed by atoms with van der Waals surface area (Å²) >= 11 is 0. The molecule has 0 fully saturated rings. The number of benzene rings is 2. The number of hydrogen-bond acceptors (Lipinski definition) is 3. The first-order valence-corrected chi connectivity index (χ1v) is 9.66. The molecule has 0 saturated heterocycles. The van der Waals surface area contributed by atoms with Gasteiger partial charge in [0, 0.05) is 44.5 Å². The molecule has 29 heavy (non-hydrogen) atoms. The summed E-state index contributed by atoms with van der Waals surface area (Å²) in [6, 6.07) is 16.2. The van der Waals surface area contributed by atoms with Crippen LogP contribution in [0.2, 0.25) is 0 Å². The van der Waals surface area contributed by atoms with E-state index in [4.69, 9.17) is 0 Å². The Bertz CT molecular complexity index is 853. The van der Waals surface area contributed by atoms with E-state index >= 15 is 0 Å². The monoisotopic (exact) mass is 507 g/mol. The van der Waals surface area contributed by atoms with Crippen molar-refractivity contribution in [3.05, 3.63) is 65.2 Å². The zero-order chi connectivity index (χ0) is 19.9. The molecule has 0 unspecified atom stereocenters. The lowest BCUT2D eigenvalue weighted by Crippen LogP contribution is -2.40. The predicted octanol–water partition coefficient (Wildman–Crippen LogP) is 2.73. The van der Waals surface area contributed by atoms with Crippen LogP contribution in [-0.4, -0.2) is 57.5 Å². The van der Waals surface area contributed by atoms with Crippen LogP contribution in [0, 0.1) is 0 Å². The van der Waals surface area contributed by atoms with Gasteiger partial charge in [-0.25, -0.2) is 0 Å². The number of carbonyl (C=O) groups is 1. The van der Waals surface area contributed by atoms with E-state index < -0.39 is 0 Å². The van der Waals surface area contributed by atoms with Gasteiger partial charge in [-0.2, -0.15) is 0 Å². The first kappa shape index (κ1) is 23.2. The fraction of sp³-hybridized carbons (Fsp3) is 0.364. The molecule has 3 rings (SSSR count). The molecular formula is C22H30IN5O. The molecule has 0 bridgehead atoms. The molecule has 0 aromatic heterocycles. The van der Waals surface area contributed by atoms with Crippen molar-refractivity contribution < 1.29 is 4.79 Å². The van der Waals surface area contributed by atoms with Crippen LogP contribution in [0.1, 0.15) is 21.5 Å². The zero-order valence-corrected chi connectivity index (χ0v) is 19.6. The Balaban J connectivity index is 0.00000300. The number of hydrogen-bond donors (Lipinski definition) is 2. The van der Waals surface area contributed by atoms with Crippen LogP contribution in [-0.2, 0) is 13.0 Å². The van der Waals surface area contributed by atoms with Gasteiger partial charge in [0.05, 0.1) is 0 Å². The fourth-order valence-corrected chi connectivity index (χ4v) is 3.35. The van der Waals surface area contributed by atoms with Crippen LogP contribution >= 0.6 is 24.0 Å². The molecule has 0 radical (unpaired) electrons. The van der Waals surface area contributed by atoms with Gasteiger partial charge in [0.2, 0.25) is 0 Å². The lowest BCUT2D eigenvalue weighted by molar-refractivity contribution is 0.0951. The fourth-order valence-electron chi connectivity index (χ4n) is 3.35. The third kappa shape index (κ3) is 6.17. The van der Waals surface area contributed by atoms with Crippen LogP contribution in [0.25, 0.3) is 0 Å². The smallest absolute Gasteiger partial charge is 0.251 e. The maximum absolute atomic E-state index is 12.3. The molecule has 7 heteroatoms. The van der Waals surface area contributed by atoms with Gasteiger partial charge in [0.15, 0.2) is 5.96 Å². The number of para-hydroxylation sites is 1. The number of nitrogens with one attached hydrogen (secondary N) is 2. The molecule has 1 aliphatic rings. The highest BCUT2D eigenvalue weighted by atomic mass is 127. The second kappa shape index (κ2) is 11.2. The highest BCUT2D eigenvalue weighted by Gasteiger charge is 2.22. The second-order valence-electron chi connectivity index (χ2n) is 7.19. The van der Waals surface area contributed by atoms with Crippen molar-refractivity contribution in [3.8, 4) is 0 Å². The number of likely N-dealkylation sites (N-methyl/N-ethyl adjacent to an activating group) is 1. The summed E-state index contributed by atoms with van der Waals surface area (Å²) in [5.41, 5.74) is 4.29. The van der Waals surface area contributed by atoms with Crippen LogP contribution in [0.15, 0.2) is 53.5 Å². The second-order valence-corrected chi connectivity index (χ2v) is 7.19. The van der Waals surface area contributed by atoms with Crippen LogP contribution in [0.5, 0.6) is 0 Å². The van der Waals surface area contributed by atoms with Gasteiger partial charge in [-0.3, -0.25) is 9.79 Å². The SMILES string of the molecule is CN=C(NCc1cccc(C(=O)NCCN(C)C)c1)N1CCc2ccccc21.I. The minimum Gasteiger partial charge on any atom is -0.352 e. The van der Waals surface area contributed by atoms with Gasteiger partial charge < -0.3 is 20.4 Å². The minimum absolute atomic E-state index is 0. The standard InChI is InChI=1S/C22H29N5O.HI/c1-23-22(27-13-11-18-8-4-5-10-20(18)27)25-16-17-7-6-9-19(15-17)21(28)24-12-14-26(2)3;/h4-10,15H,11-14,16H2,1-3H3,(H,23,25)(H,24,28);1H. The number of carbonyl (C=O) groups excluding carboxylic acids is 1. The topological polar surface area (TPSA) is 60.0 Å². The third-order valence-corrected chi connectivity index (χ3v) is 4.84. The van der Waals surface area contributed by atoms with E-state index in [-0.39, 0.29) is 29.9 Å². The van der Waals surface area contributed by atoms with Gasteiger partial charge >= 0.3 is 0 Å². The lowest BCUT2D eigenvalue weighted by Gasteiger charge is -2.22. The van der Waals surface area contributed by atoms with Crippen molar-refractivity contribution in [1.29, 1.82) is 0 Å². The Labute approximate surface area is 190 Å². The average Bonchev–Trinajstić information content (AvgIpc) is 3.12. The molecule has 1 amide bonds. The summed E-state index contributed by atoms with van der Waals surface area (Å²) in [4.78, 5) is 21.0. The molecule has 0 atom stereocenters. The molecule has 2 N–H and O–H groups in total. The number of halogens is 1. The van der Waals surface area contributed by atoms with Gasteiger partial charge in [-0.05, 0) is 49.8 Å². The Morgan fingerprint density at radius 1 is 1.14 bits per heavy atom. The average molecular weight is 507 g/mol. The van der Waals surface area contributed by atoms with Crippen molar-refractivity contribution in [2.45, 2.75) is 13.0 Å². The lowest BCUT2D eigenvalue weighted by atomic mass is 10.1. The van der Waals surface area contributed by atoms with E-state index in [0.29, 0.717) is 18.7 Å². The van der Waals surface area contributed by atoms with E-state index in [1.807, 2.05) is 43.3 Å². The number of aliphatic imine (C=N–C) groups is 1. The highest BCUT2D eigenvalue weighted by molar-refractivity contribution is 14.0. The minimum atomic E-state index is -0.0402. The predicted molar refractivity (Wildman–Crippen MR) is 130 cm³/mol. The summed E-state index contributed by atoms with van der Waals surface area (Å²) in [5, 5.41) is 6.39. The van der Waals surface area contributed by atoms with Crippen molar-refractivity contribution in [2.24, 2.45) is 4.99 Å². The van der Waals surface area contributed by atoms with Crippen molar-refractivity contribution in [2.75, 3.05) is 45.7 Å². The van der Waals surface area contributed by atoms with Crippen molar-refractivity contribution in [1.82, 2.24) is 15.5 Å². The molecule has 156 valence electrons. The van der Waals surface area contributed by atoms with Crippen LogP contribution in [0.3, 0.4) is 0 Å². The Hall–Kier alpha value is -2.13. The number of anilines is 1. The van der Waals surface area contributed by atoms with E-state index in [9.17, 15) is 4.79 Å². The summed E-state index contributed by atoms with van der Waals surface area (Å²) in [6.45, 7) is 2.99. The zero-order valence-electron chi connectivity index (χ0n) is 17.3. The molecule has 6 nitrogen and oxygen atoms in total. The van der Waals surface area contributed by atoms with Crippen molar-refractivity contribution >= 4 is 41.5 Å². The molecule has 0 saturated carbocycles. The van der Waals surface area contributed by atoms with E-state index in [1.54, 1.807) is 7.05 Å². The first-order valence-electron chi connectivity index (χ1n) is 9.66. The quantitative estimate of drug-likeness (QED) is 0.359. The van der Waals surface area contributed by atoms with Gasteiger partial charge in [0.25, 0.3) is 5.91 Å². The molecule has 0 spiro atoms. The normalized spacial score (nSPS) is 13.1. The molecule has 2 aromatic rings. The Morgan fingerprint density at radius 2 is 1.93 bits per heavy atom. The maximum Gasteiger partial charge on any atom is 0.251 e. The van der Waals surface area contributed by atoms with E-state index in [0.717, 1.165) is 31.0 Å². The highest BCUT2D eigenvalue weighted by Crippen LogP contribution is 2.27. The Kier molecular flexibility index (Phi) is 8.91. The van der Waals surface area contributed by atoms with Crippen LogP contribution < -0.4 is 15.5 Å². The van der Waals surface area contributed by atoms with Crippen molar-refractivity contribution in [3.63, 3.8) is 0 Å². The number of nitrogens with zero attached hydrogens (tertiary/aromatic N) is 3. The summed E-state index contributed by atoms with van der Waals surface area (Å²) in [7, 11) is 5.78. The summed E-state index contributed by atoms with van der Waals surface area (Å²) < 4.78 is 0. The summed E-state index contributed by atoms with van der Waals surface area (Å²) in [6.07, 6.45) is 1.03. The molecular weight excluding hydrogens is 477 g/mol. The van der Waals surface area contributed by atoms with Gasteiger partial charge in [0.1, 0.15) is 0 Å². The summed E-state index contributed by atoms with van der Waals surface area (Å²) in [5.74, 6) is 0.812. The van der Waals surface area contributed by atoms with E-state index in [1.165, 1.54) is 11.3 Å². The van der Waals surface area contributed by atoms with Gasteiger partial charge in [-0.1, -0.05) is 30.3 Å². The van der Waals surface area contributed by atoms with Crippen LogP contribution in [0.4, 0.5) is 5.69 Å². The number of rotatable bonds is 6. The Morgan fingerprint density at radius 3 is 2.69 bits per heavy atom. The molecule has 1 heterocycles. The maximum atomic E-state index is 12.3. The number of amides is 1. The molecule has 0 aliphatic carbocycles. The first-order chi connectivity index (χ1) is 13.6. The number of guanidine groups is 1. The third-order valence-electron chi connectivity index (χ3n) is 4.84. The number of fused-ring (bicyclic) bond motifs is 1. The molecule has 2 aromatic carbocycles. The van der Waals surface area contributed by atoms with E-state index in [2.05, 4.69) is 44.8 Å². The largest absolute Gasteiger partial charge is 0.352 e. The van der Waals surface area contributed by atoms with Gasteiger partial charge in [-0.15, -0.1) is 24.0 Å². The molecule has 1 aliphatic heterocycles.